The first kappa shape index (κ1) is 20.6. The van der Waals surface area contributed by atoms with Crippen LogP contribution in [0.1, 0.15) is 16.3 Å². The van der Waals surface area contributed by atoms with Gasteiger partial charge in [-0.1, -0.05) is 29.3 Å². The molecule has 0 aliphatic carbocycles. The van der Waals surface area contributed by atoms with Gasteiger partial charge < -0.3 is 9.64 Å². The monoisotopic (exact) mass is 438 g/mol. The third-order valence-electron chi connectivity index (χ3n) is 3.96. The number of hydrogen-bond donors (Lipinski definition) is 0. The third kappa shape index (κ3) is 5.67. The Hall–Kier alpha value is -2.15. The Morgan fingerprint density at radius 3 is 2.68 bits per heavy atom. The van der Waals surface area contributed by atoms with Crippen molar-refractivity contribution in [3.05, 3.63) is 80.0 Å². The average Bonchev–Trinajstić information content (AvgIpc) is 3.11. The smallest absolute Gasteiger partial charge is 0.228 e. The highest BCUT2D eigenvalue weighted by atomic mass is 35.5. The fourth-order valence-electron chi connectivity index (χ4n) is 2.46. The van der Waals surface area contributed by atoms with Crippen molar-refractivity contribution in [2.24, 2.45) is 0 Å². The van der Waals surface area contributed by atoms with Crippen molar-refractivity contribution in [1.82, 2.24) is 9.88 Å². The minimum Gasteiger partial charge on any atom is -0.486 e. The van der Waals surface area contributed by atoms with E-state index in [-0.39, 0.29) is 24.8 Å². The second-order valence-electron chi connectivity index (χ2n) is 6.14. The molecule has 146 valence electrons. The quantitative estimate of drug-likeness (QED) is 0.497. The van der Waals surface area contributed by atoms with E-state index in [4.69, 9.17) is 27.9 Å². The van der Waals surface area contributed by atoms with Gasteiger partial charge in [0.2, 0.25) is 5.91 Å². The molecule has 0 N–H and O–H groups in total. The summed E-state index contributed by atoms with van der Waals surface area (Å²) >= 11 is 13.5. The number of carbonyl (C=O) groups is 1. The summed E-state index contributed by atoms with van der Waals surface area (Å²) < 4.78 is 18.5. The second-order valence-corrected chi connectivity index (χ2v) is 7.92. The Morgan fingerprint density at radius 2 is 1.96 bits per heavy atom. The maximum absolute atomic E-state index is 12.9. The van der Waals surface area contributed by atoms with E-state index in [1.54, 1.807) is 36.2 Å². The van der Waals surface area contributed by atoms with Gasteiger partial charge >= 0.3 is 0 Å². The normalized spacial score (nSPS) is 10.7. The van der Waals surface area contributed by atoms with Crippen molar-refractivity contribution in [3.8, 4) is 5.75 Å². The van der Waals surface area contributed by atoms with Crippen LogP contribution in [-0.4, -0.2) is 22.8 Å². The van der Waals surface area contributed by atoms with Crippen LogP contribution in [0, 0.1) is 5.82 Å². The summed E-state index contributed by atoms with van der Waals surface area (Å²) in [7, 11) is 1.72. The summed E-state index contributed by atoms with van der Waals surface area (Å²) in [6, 6.07) is 11.0. The van der Waals surface area contributed by atoms with Gasteiger partial charge in [0.25, 0.3) is 0 Å². The Labute approximate surface area is 176 Å². The zero-order valence-electron chi connectivity index (χ0n) is 15.0. The van der Waals surface area contributed by atoms with Crippen LogP contribution in [0.4, 0.5) is 4.39 Å². The third-order valence-corrected chi connectivity index (χ3v) is 5.41. The fraction of sp³-hybridized carbons (Fsp3) is 0.200. The van der Waals surface area contributed by atoms with E-state index in [2.05, 4.69) is 4.98 Å². The molecular weight excluding hydrogens is 422 g/mol. The maximum Gasteiger partial charge on any atom is 0.228 e. The van der Waals surface area contributed by atoms with Crippen LogP contribution in [0.5, 0.6) is 5.75 Å². The molecule has 0 bridgehead atoms. The van der Waals surface area contributed by atoms with Crippen molar-refractivity contribution >= 4 is 40.4 Å². The lowest BCUT2D eigenvalue weighted by Crippen LogP contribution is -2.28. The van der Waals surface area contributed by atoms with E-state index in [1.807, 2.05) is 11.4 Å². The first-order valence-electron chi connectivity index (χ1n) is 8.40. The summed E-state index contributed by atoms with van der Waals surface area (Å²) in [5, 5.41) is 3.67. The molecule has 0 radical (unpaired) electrons. The van der Waals surface area contributed by atoms with E-state index in [0.29, 0.717) is 28.0 Å². The van der Waals surface area contributed by atoms with Crippen molar-refractivity contribution in [2.45, 2.75) is 19.6 Å². The van der Waals surface area contributed by atoms with Gasteiger partial charge in [-0.2, -0.15) is 0 Å². The molecule has 8 heteroatoms. The first-order valence-corrected chi connectivity index (χ1v) is 10.0. The van der Waals surface area contributed by atoms with E-state index in [1.165, 1.54) is 23.5 Å². The number of carbonyl (C=O) groups excluding carboxylic acids is 1. The Morgan fingerprint density at radius 1 is 1.21 bits per heavy atom. The van der Waals surface area contributed by atoms with Crippen LogP contribution < -0.4 is 4.74 Å². The van der Waals surface area contributed by atoms with E-state index in [0.717, 1.165) is 10.6 Å². The second kappa shape index (κ2) is 9.37. The molecule has 3 rings (SSSR count). The molecular formula is C20H17Cl2FN2O2S. The lowest BCUT2D eigenvalue weighted by molar-refractivity contribution is -0.129. The van der Waals surface area contributed by atoms with Gasteiger partial charge in [-0.15, -0.1) is 11.3 Å². The van der Waals surface area contributed by atoms with Crippen molar-refractivity contribution in [2.75, 3.05) is 7.05 Å². The summed E-state index contributed by atoms with van der Waals surface area (Å²) in [5.41, 5.74) is 1.51. The predicted molar refractivity (Wildman–Crippen MR) is 109 cm³/mol. The van der Waals surface area contributed by atoms with Gasteiger partial charge in [0.05, 0.1) is 12.1 Å². The van der Waals surface area contributed by atoms with E-state index in [9.17, 15) is 9.18 Å². The summed E-state index contributed by atoms with van der Waals surface area (Å²) in [6.07, 6.45) is 0.189. The maximum atomic E-state index is 12.9. The summed E-state index contributed by atoms with van der Waals surface area (Å²) in [6.45, 7) is 0.653. The van der Waals surface area contributed by atoms with E-state index >= 15 is 0 Å². The highest BCUT2D eigenvalue weighted by Crippen LogP contribution is 2.22. The zero-order chi connectivity index (χ0) is 20.1. The molecule has 0 saturated carbocycles. The molecule has 0 atom stereocenters. The molecule has 1 aromatic heterocycles. The number of aromatic nitrogens is 1. The number of halogens is 3. The largest absolute Gasteiger partial charge is 0.486 e. The zero-order valence-corrected chi connectivity index (χ0v) is 17.3. The topological polar surface area (TPSA) is 42.4 Å². The lowest BCUT2D eigenvalue weighted by atomic mass is 10.2. The molecule has 0 aliphatic rings. The van der Waals surface area contributed by atoms with E-state index < -0.39 is 0 Å². The lowest BCUT2D eigenvalue weighted by Gasteiger charge is -2.17. The Bertz CT molecular complexity index is 963. The molecule has 4 nitrogen and oxygen atoms in total. The number of benzene rings is 2. The molecule has 0 spiro atoms. The SMILES string of the molecule is CN(Cc1ccc(Cl)cc1Cl)C(=O)Cc1csc(COc2ccc(F)cc2)n1. The number of ether oxygens (including phenoxy) is 1. The van der Waals surface area contributed by atoms with Gasteiger partial charge in [-0.05, 0) is 42.0 Å². The fourth-order valence-corrected chi connectivity index (χ4v) is 3.63. The molecule has 0 saturated heterocycles. The molecule has 1 amide bonds. The highest BCUT2D eigenvalue weighted by molar-refractivity contribution is 7.09. The van der Waals surface area contributed by atoms with Gasteiger partial charge in [-0.25, -0.2) is 9.37 Å². The van der Waals surface area contributed by atoms with Gasteiger partial charge in [0.15, 0.2) is 0 Å². The average molecular weight is 439 g/mol. The molecule has 2 aromatic carbocycles. The van der Waals surface area contributed by atoms with Gasteiger partial charge in [0, 0.05) is 29.0 Å². The number of hydrogen-bond acceptors (Lipinski definition) is 4. The number of rotatable bonds is 7. The molecule has 0 unspecified atom stereocenters. The number of likely N-dealkylation sites (N-methyl/N-ethyl adjacent to an activating group) is 1. The van der Waals surface area contributed by atoms with Crippen LogP contribution in [0.2, 0.25) is 10.0 Å². The molecule has 1 heterocycles. The number of nitrogens with zero attached hydrogens (tertiary/aromatic N) is 2. The first-order chi connectivity index (χ1) is 13.4. The minimum absolute atomic E-state index is 0.0673. The van der Waals surface area contributed by atoms with Gasteiger partial charge in [-0.3, -0.25) is 4.79 Å². The van der Waals surface area contributed by atoms with Crippen molar-refractivity contribution in [1.29, 1.82) is 0 Å². The van der Waals surface area contributed by atoms with Crippen LogP contribution in [-0.2, 0) is 24.4 Å². The molecule has 28 heavy (non-hydrogen) atoms. The number of thiazole rings is 1. The van der Waals surface area contributed by atoms with Crippen LogP contribution in [0.3, 0.4) is 0 Å². The molecule has 0 aliphatic heterocycles. The number of amides is 1. The molecule has 0 fully saturated rings. The van der Waals surface area contributed by atoms with Crippen LogP contribution >= 0.6 is 34.5 Å². The minimum atomic E-state index is -0.314. The summed E-state index contributed by atoms with van der Waals surface area (Å²) in [4.78, 5) is 18.5. The van der Waals surface area contributed by atoms with Crippen molar-refractivity contribution in [3.63, 3.8) is 0 Å². The Kier molecular flexibility index (Phi) is 6.88. The predicted octanol–water partition coefficient (Wildman–Crippen LogP) is 5.37. The Balaban J connectivity index is 1.53. The van der Waals surface area contributed by atoms with Crippen LogP contribution in [0.25, 0.3) is 0 Å². The molecule has 3 aromatic rings. The van der Waals surface area contributed by atoms with Crippen LogP contribution in [0.15, 0.2) is 47.8 Å². The van der Waals surface area contributed by atoms with Crippen molar-refractivity contribution < 1.29 is 13.9 Å². The standard InChI is InChI=1S/C20H17Cl2FN2O2S/c1-25(10-13-2-3-14(21)8-18(13)22)20(26)9-16-12-28-19(24-16)11-27-17-6-4-15(23)5-7-17/h2-8,12H,9-11H2,1H3. The summed E-state index contributed by atoms with van der Waals surface area (Å²) in [5.74, 6) is 0.183. The highest BCUT2D eigenvalue weighted by Gasteiger charge is 2.14. The van der Waals surface area contributed by atoms with Gasteiger partial charge in [0.1, 0.15) is 23.2 Å².